The molecule has 0 radical (unpaired) electrons. The van der Waals surface area contributed by atoms with Crippen molar-refractivity contribution in [1.29, 1.82) is 0 Å². The third kappa shape index (κ3) is 4.14. The Labute approximate surface area is 177 Å². The first kappa shape index (κ1) is 19.9. The maximum Gasteiger partial charge on any atom is 0.261 e. The summed E-state index contributed by atoms with van der Waals surface area (Å²) in [7, 11) is 1.66. The first-order valence-electron chi connectivity index (χ1n) is 9.27. The summed E-state index contributed by atoms with van der Waals surface area (Å²) in [6.07, 6.45) is 3.34. The number of carbonyl (C=O) groups excluding carboxylic acids is 1. The summed E-state index contributed by atoms with van der Waals surface area (Å²) in [6, 6.07) is 8.71. The maximum atomic E-state index is 13.3. The Morgan fingerprint density at radius 2 is 1.93 bits per heavy atom. The Morgan fingerprint density at radius 3 is 2.66 bits per heavy atom. The van der Waals surface area contributed by atoms with E-state index >= 15 is 0 Å². The summed E-state index contributed by atoms with van der Waals surface area (Å²) >= 11 is 7.32. The van der Waals surface area contributed by atoms with E-state index < -0.39 is 5.25 Å². The zero-order chi connectivity index (χ0) is 20.4. The molecule has 2 aromatic heterocycles. The second kappa shape index (κ2) is 8.52. The van der Waals surface area contributed by atoms with Crippen LogP contribution in [0.4, 0.5) is 0 Å². The number of hydrogen-bond donors (Lipinski definition) is 1. The van der Waals surface area contributed by atoms with Gasteiger partial charge < -0.3 is 10.2 Å². The topological polar surface area (TPSA) is 80.1 Å². The fraction of sp³-hybridized carbons (Fsp3) is 0.300. The molecule has 1 unspecified atom stereocenters. The number of benzene rings is 1. The van der Waals surface area contributed by atoms with Crippen molar-refractivity contribution in [1.82, 2.24) is 24.8 Å². The van der Waals surface area contributed by atoms with Crippen molar-refractivity contribution >= 4 is 40.2 Å². The molecule has 3 heterocycles. The van der Waals surface area contributed by atoms with Crippen LogP contribution in [0.3, 0.4) is 0 Å². The molecule has 0 bridgehead atoms. The van der Waals surface area contributed by atoms with Gasteiger partial charge in [-0.25, -0.2) is 4.98 Å². The number of piperazine rings is 1. The predicted molar refractivity (Wildman–Crippen MR) is 114 cm³/mol. The van der Waals surface area contributed by atoms with Crippen LogP contribution >= 0.6 is 23.4 Å². The number of hydrogen-bond acceptors (Lipinski definition) is 6. The molecule has 1 saturated heterocycles. The third-order valence-electron chi connectivity index (χ3n) is 4.88. The highest BCUT2D eigenvalue weighted by Crippen LogP contribution is 2.35. The van der Waals surface area contributed by atoms with Crippen molar-refractivity contribution in [3.63, 3.8) is 0 Å². The smallest absolute Gasteiger partial charge is 0.261 e. The van der Waals surface area contributed by atoms with Gasteiger partial charge >= 0.3 is 0 Å². The van der Waals surface area contributed by atoms with Gasteiger partial charge in [-0.3, -0.25) is 19.1 Å². The molecule has 3 aromatic rings. The van der Waals surface area contributed by atoms with Crippen LogP contribution in [-0.4, -0.2) is 51.5 Å². The molecule has 0 saturated carbocycles. The number of fused-ring (bicyclic) bond motifs is 1. The van der Waals surface area contributed by atoms with Crippen molar-refractivity contribution in [2.45, 2.75) is 10.4 Å². The van der Waals surface area contributed by atoms with Crippen LogP contribution < -0.4 is 10.9 Å². The maximum absolute atomic E-state index is 13.3. The molecule has 0 aliphatic carbocycles. The summed E-state index contributed by atoms with van der Waals surface area (Å²) < 4.78 is 1.47. The highest BCUT2D eigenvalue weighted by molar-refractivity contribution is 8.00. The molecule has 1 aliphatic rings. The van der Waals surface area contributed by atoms with Gasteiger partial charge in [0.05, 0.1) is 10.9 Å². The molecular formula is C20H20ClN5O2S. The van der Waals surface area contributed by atoms with Crippen molar-refractivity contribution in [3.05, 3.63) is 63.7 Å². The second-order valence-corrected chi connectivity index (χ2v) is 8.28. The van der Waals surface area contributed by atoms with Crippen LogP contribution in [-0.2, 0) is 11.8 Å². The number of amides is 1. The number of rotatable bonds is 4. The Bertz CT molecular complexity index is 1100. The largest absolute Gasteiger partial charge is 0.339 e. The van der Waals surface area contributed by atoms with Gasteiger partial charge in [-0.1, -0.05) is 23.4 Å². The highest BCUT2D eigenvalue weighted by atomic mass is 35.5. The summed E-state index contributed by atoms with van der Waals surface area (Å²) in [5.41, 5.74) is 1.20. The number of thioether (sulfide) groups is 1. The number of pyridine rings is 1. The first-order valence-corrected chi connectivity index (χ1v) is 10.5. The summed E-state index contributed by atoms with van der Waals surface area (Å²) in [5.74, 6) is 0.00755. The predicted octanol–water partition coefficient (Wildman–Crippen LogP) is 2.25. The fourth-order valence-electron chi connectivity index (χ4n) is 3.28. The lowest BCUT2D eigenvalue weighted by Crippen LogP contribution is -2.47. The SMILES string of the molecule is Cn1c(SC(C(=O)N2CCNCC2)c2ccncc2)nc2ccc(Cl)cc2c1=O. The average molecular weight is 430 g/mol. The van der Waals surface area contributed by atoms with Gasteiger partial charge in [0.2, 0.25) is 5.91 Å². The third-order valence-corrected chi connectivity index (χ3v) is 6.40. The molecule has 1 aliphatic heterocycles. The van der Waals surface area contributed by atoms with Gasteiger partial charge in [0.1, 0.15) is 5.25 Å². The van der Waals surface area contributed by atoms with Crippen LogP contribution in [0.2, 0.25) is 5.02 Å². The minimum atomic E-state index is -0.515. The van der Waals surface area contributed by atoms with E-state index in [9.17, 15) is 9.59 Å². The van der Waals surface area contributed by atoms with Crippen molar-refractivity contribution in [2.24, 2.45) is 7.05 Å². The molecule has 150 valence electrons. The molecule has 7 nitrogen and oxygen atoms in total. The van der Waals surface area contributed by atoms with Crippen LogP contribution in [0.1, 0.15) is 10.8 Å². The molecular weight excluding hydrogens is 410 g/mol. The number of aromatic nitrogens is 3. The standard InChI is InChI=1S/C20H20ClN5O2S/c1-25-18(27)15-12-14(21)2-3-16(15)24-20(25)29-17(13-4-6-22-7-5-13)19(28)26-10-8-23-9-11-26/h2-7,12,17,23H,8-11H2,1H3. The zero-order valence-electron chi connectivity index (χ0n) is 15.8. The number of carbonyl (C=O) groups is 1. The lowest BCUT2D eigenvalue weighted by atomic mass is 10.1. The van der Waals surface area contributed by atoms with E-state index in [1.165, 1.54) is 16.3 Å². The number of nitrogens with one attached hydrogen (secondary N) is 1. The Morgan fingerprint density at radius 1 is 1.21 bits per heavy atom. The Kier molecular flexibility index (Phi) is 5.84. The lowest BCUT2D eigenvalue weighted by Gasteiger charge is -2.30. The van der Waals surface area contributed by atoms with E-state index in [0.29, 0.717) is 34.2 Å². The summed E-state index contributed by atoms with van der Waals surface area (Å²) in [4.78, 5) is 36.7. The van der Waals surface area contributed by atoms with Gasteiger partial charge in [-0.05, 0) is 35.9 Å². The van der Waals surface area contributed by atoms with Gasteiger partial charge in [-0.2, -0.15) is 0 Å². The van der Waals surface area contributed by atoms with E-state index in [1.54, 1.807) is 37.6 Å². The van der Waals surface area contributed by atoms with Gasteiger partial charge in [0.25, 0.3) is 5.56 Å². The van der Waals surface area contributed by atoms with Crippen LogP contribution in [0.15, 0.2) is 52.7 Å². The Balaban J connectivity index is 1.74. The molecule has 1 aromatic carbocycles. The van der Waals surface area contributed by atoms with Crippen LogP contribution in [0, 0.1) is 0 Å². The summed E-state index contributed by atoms with van der Waals surface area (Å²) in [6.45, 7) is 2.85. The first-order chi connectivity index (χ1) is 14.0. The average Bonchev–Trinajstić information content (AvgIpc) is 2.76. The molecule has 1 N–H and O–H groups in total. The molecule has 1 amide bonds. The molecule has 1 atom stereocenters. The minimum Gasteiger partial charge on any atom is -0.339 e. The monoisotopic (exact) mass is 429 g/mol. The van der Waals surface area contributed by atoms with Crippen LogP contribution in [0.5, 0.6) is 0 Å². The minimum absolute atomic E-state index is 0.00755. The van der Waals surface area contributed by atoms with Crippen molar-refractivity contribution < 1.29 is 4.79 Å². The quantitative estimate of drug-likeness (QED) is 0.506. The second-order valence-electron chi connectivity index (χ2n) is 6.77. The number of nitrogens with zero attached hydrogens (tertiary/aromatic N) is 4. The molecule has 4 rings (SSSR count). The molecule has 1 fully saturated rings. The normalized spacial score (nSPS) is 15.4. The molecule has 9 heteroatoms. The zero-order valence-corrected chi connectivity index (χ0v) is 17.4. The van der Waals surface area contributed by atoms with E-state index in [0.717, 1.165) is 18.7 Å². The van der Waals surface area contributed by atoms with E-state index in [1.807, 2.05) is 17.0 Å². The highest BCUT2D eigenvalue weighted by Gasteiger charge is 2.29. The molecule has 0 spiro atoms. The van der Waals surface area contributed by atoms with E-state index in [4.69, 9.17) is 11.6 Å². The Hall–Kier alpha value is -2.42. The van der Waals surface area contributed by atoms with E-state index in [-0.39, 0.29) is 11.5 Å². The van der Waals surface area contributed by atoms with Crippen molar-refractivity contribution in [2.75, 3.05) is 26.2 Å². The van der Waals surface area contributed by atoms with Gasteiger partial charge in [0, 0.05) is 50.6 Å². The van der Waals surface area contributed by atoms with Gasteiger partial charge in [-0.15, -0.1) is 0 Å². The van der Waals surface area contributed by atoms with E-state index in [2.05, 4.69) is 15.3 Å². The number of halogens is 1. The summed E-state index contributed by atoms with van der Waals surface area (Å²) in [5, 5.41) is 4.17. The van der Waals surface area contributed by atoms with Crippen LogP contribution in [0.25, 0.3) is 10.9 Å². The van der Waals surface area contributed by atoms with Gasteiger partial charge in [0.15, 0.2) is 5.16 Å². The lowest BCUT2D eigenvalue weighted by molar-refractivity contribution is -0.131. The fourth-order valence-corrected chi connectivity index (χ4v) is 4.60. The van der Waals surface area contributed by atoms with Crippen molar-refractivity contribution in [3.8, 4) is 0 Å². The molecule has 29 heavy (non-hydrogen) atoms.